The van der Waals surface area contributed by atoms with Crippen LogP contribution in [0.2, 0.25) is 0 Å². The summed E-state index contributed by atoms with van der Waals surface area (Å²) < 4.78 is 124. The molecule has 6 aliphatic rings. The van der Waals surface area contributed by atoms with Gasteiger partial charge in [-0.1, -0.05) is 182 Å². The Bertz CT molecular complexity index is 3580. The molecule has 1 saturated carbocycles. The third kappa shape index (κ3) is 29.7. The minimum Gasteiger partial charge on any atom is -0.396 e. The summed E-state index contributed by atoms with van der Waals surface area (Å²) in [7, 11) is 0. The van der Waals surface area contributed by atoms with Gasteiger partial charge in [-0.05, 0) is 277 Å². The van der Waals surface area contributed by atoms with Gasteiger partial charge < -0.3 is 14.9 Å². The van der Waals surface area contributed by atoms with Crippen molar-refractivity contribution in [1.82, 2.24) is 24.5 Å². The van der Waals surface area contributed by atoms with Crippen molar-refractivity contribution < 1.29 is 54.5 Å². The fourth-order valence-corrected chi connectivity index (χ4v) is 18.5. The van der Waals surface area contributed by atoms with E-state index in [1.807, 2.05) is 24.3 Å². The van der Waals surface area contributed by atoms with E-state index in [1.54, 1.807) is 48.5 Å². The lowest BCUT2D eigenvalue weighted by Crippen LogP contribution is -2.55. The normalized spacial score (nSPS) is 21.7. The quantitative estimate of drug-likeness (QED) is 0.0563. The van der Waals surface area contributed by atoms with Gasteiger partial charge in [0.1, 0.15) is 5.82 Å². The monoisotopic (exact) mass is 1590 g/mol. The van der Waals surface area contributed by atoms with E-state index in [1.165, 1.54) is 110 Å². The molecule has 1 aliphatic carbocycles. The van der Waals surface area contributed by atoms with Gasteiger partial charge in [0.15, 0.2) is 0 Å². The molecule has 0 aromatic heterocycles. The van der Waals surface area contributed by atoms with Gasteiger partial charge in [-0.3, -0.25) is 24.5 Å². The summed E-state index contributed by atoms with van der Waals surface area (Å²) in [5.74, 6) is -2.56. The first-order valence-electron chi connectivity index (χ1n) is 42.5. The van der Waals surface area contributed by atoms with Gasteiger partial charge in [-0.2, -0.15) is 26.3 Å². The number of piperidine rings is 3. The van der Waals surface area contributed by atoms with Crippen molar-refractivity contribution in [3.63, 3.8) is 0 Å². The van der Waals surface area contributed by atoms with E-state index >= 15 is 0 Å². The molecule has 113 heavy (non-hydrogen) atoms. The van der Waals surface area contributed by atoms with Crippen LogP contribution in [0.4, 0.5) is 39.5 Å². The number of likely N-dealkylation sites (tertiary alicyclic amines) is 3. The molecule has 8 nitrogen and oxygen atoms in total. The van der Waals surface area contributed by atoms with Crippen molar-refractivity contribution in [2.24, 2.45) is 11.3 Å². The maximum Gasteiger partial charge on any atom is 0.416 e. The molecular weight excluding hydrogens is 1440 g/mol. The molecule has 5 aliphatic heterocycles. The minimum absolute atomic E-state index is 0.0320. The summed E-state index contributed by atoms with van der Waals surface area (Å²) >= 11 is 0. The Morgan fingerprint density at radius 2 is 0.699 bits per heavy atom. The SMILES string of the molecule is CC(C)=CC(CC(C)(C)c1ccc(C(C)(F)F)cc1)N1CCN(C2CC(C)OC(C)C2)CC1.CC(C)=CC(CC(C)(C)c1ccc(C(F)(F)F)cc1)N1CCC(CO)CC1.CC(C)=CC(CC(C)(C)c1ccc(C(F)(F)F)cc1)N1CCC(O)CC1.CC(C)=CC(CC(C)(C)c1ccc(F)cc1)N1CCC2(CCCCC2)CC1. The number of ether oxygens (including phenoxy) is 1. The molecule has 5 heterocycles. The lowest BCUT2D eigenvalue weighted by molar-refractivity contribution is -0.138. The van der Waals surface area contributed by atoms with Gasteiger partial charge in [0.25, 0.3) is 5.92 Å². The molecule has 10 rings (SSSR count). The summed E-state index contributed by atoms with van der Waals surface area (Å²) in [6.07, 6.45) is 20.7. The van der Waals surface area contributed by atoms with Crippen LogP contribution in [0.1, 0.15) is 280 Å². The molecule has 2 N–H and O–H groups in total. The first-order chi connectivity index (χ1) is 52.7. The number of aliphatic hydroxyl groups excluding tert-OH is 2. The van der Waals surface area contributed by atoms with E-state index in [0.29, 0.717) is 41.7 Å². The van der Waals surface area contributed by atoms with Crippen LogP contribution >= 0.6 is 0 Å². The number of aliphatic hydroxyl groups is 2. The summed E-state index contributed by atoms with van der Waals surface area (Å²) in [6.45, 7) is 50.5. The van der Waals surface area contributed by atoms with Crippen LogP contribution in [-0.2, 0) is 44.7 Å². The Balaban J connectivity index is 0.000000210. The zero-order valence-corrected chi connectivity index (χ0v) is 72.5. The number of alkyl halides is 8. The fraction of sp³-hybridized carbons (Fsp3) is 0.667. The van der Waals surface area contributed by atoms with Gasteiger partial charge in [0.05, 0.1) is 29.4 Å². The molecular formula is C96H144F9N5O3. The molecule has 0 radical (unpaired) electrons. The number of piperazine rings is 1. The van der Waals surface area contributed by atoms with Crippen LogP contribution in [-0.4, -0.2) is 155 Å². The molecule has 4 aromatic rings. The van der Waals surface area contributed by atoms with Crippen LogP contribution in [0.5, 0.6) is 0 Å². The van der Waals surface area contributed by atoms with Crippen LogP contribution in [0.15, 0.2) is 144 Å². The lowest BCUT2D eigenvalue weighted by Gasteiger charge is -2.47. The topological polar surface area (TPSA) is 65.9 Å². The summed E-state index contributed by atoms with van der Waals surface area (Å²) in [5.41, 5.74) is 8.32. The Morgan fingerprint density at radius 1 is 0.407 bits per heavy atom. The van der Waals surface area contributed by atoms with Gasteiger partial charge in [-0.25, -0.2) is 13.2 Å². The van der Waals surface area contributed by atoms with E-state index in [0.717, 1.165) is 140 Å². The zero-order valence-electron chi connectivity index (χ0n) is 72.5. The van der Waals surface area contributed by atoms with Gasteiger partial charge in [-0.15, -0.1) is 0 Å². The number of halogens is 9. The average molecular weight is 1590 g/mol. The summed E-state index contributed by atoms with van der Waals surface area (Å²) in [6, 6.07) is 27.1. The highest BCUT2D eigenvalue weighted by atomic mass is 19.4. The highest BCUT2D eigenvalue weighted by molar-refractivity contribution is 5.34. The smallest absolute Gasteiger partial charge is 0.396 e. The van der Waals surface area contributed by atoms with Gasteiger partial charge >= 0.3 is 12.4 Å². The van der Waals surface area contributed by atoms with Crippen molar-refractivity contribution in [2.45, 2.75) is 329 Å². The molecule has 634 valence electrons. The van der Waals surface area contributed by atoms with Gasteiger partial charge in [0, 0.05) is 88.6 Å². The molecule has 1 spiro atoms. The number of hydrogen-bond acceptors (Lipinski definition) is 8. The van der Waals surface area contributed by atoms with Crippen LogP contribution in [0.3, 0.4) is 0 Å². The molecule has 17 heteroatoms. The lowest BCUT2D eigenvalue weighted by atomic mass is 9.67. The molecule has 6 unspecified atom stereocenters. The molecule has 4 aromatic carbocycles. The number of allylic oxidation sites excluding steroid dienone is 4. The zero-order chi connectivity index (χ0) is 83.7. The average Bonchev–Trinajstić information content (AvgIpc) is 0.810. The molecule has 0 amide bonds. The van der Waals surface area contributed by atoms with Gasteiger partial charge in [0.2, 0.25) is 0 Å². The third-order valence-corrected chi connectivity index (χ3v) is 25.4. The standard InChI is InChI=1S/C28H44F2N2O.C25H38FN.C22H32F3NO.C21H30F3NO/c1-20(2)16-26(19-27(5,6)23-8-10-24(11-9-23)28(7,29)30)32-14-12-31(13-15-32)25-17-21(3)33-22(4)18-25;1-20(2)18-23(19-24(3,4)21-8-10-22(26)11-9-21)27-16-14-25(15-17-27)12-6-5-7-13-25;1-16(2)13-20(26-11-9-17(15-27)10-12-26)14-21(3,4)18-5-7-19(8-6-18)22(23,24)25;1-15(2)13-18(25-11-9-19(26)10-12-25)14-20(3,4)16-5-7-17(8-6-16)21(22,23)24/h8-11,16,21-22,25-26H,12-15,17-19H2,1-7H3;8-11,18,23H,5-7,12-17,19H2,1-4H3;5-8,13,17,20,27H,9-12,14-15H2,1-4H3;5-8,13,18-19,26H,9-12,14H2,1-4H3. The van der Waals surface area contributed by atoms with Crippen LogP contribution < -0.4 is 0 Å². The second kappa shape index (κ2) is 41.5. The number of rotatable bonds is 23. The highest BCUT2D eigenvalue weighted by Gasteiger charge is 2.41. The Labute approximate surface area is 676 Å². The Hall–Kier alpha value is -5.11. The predicted molar refractivity (Wildman–Crippen MR) is 449 cm³/mol. The molecule has 0 bridgehead atoms. The first kappa shape index (κ1) is 95.0. The fourth-order valence-electron chi connectivity index (χ4n) is 18.5. The van der Waals surface area contributed by atoms with Crippen molar-refractivity contribution >= 4 is 0 Å². The van der Waals surface area contributed by atoms with Crippen LogP contribution in [0, 0.1) is 17.2 Å². The number of nitrogens with zero attached hydrogens (tertiary/aromatic N) is 5. The van der Waals surface area contributed by atoms with Crippen molar-refractivity contribution in [1.29, 1.82) is 0 Å². The third-order valence-electron chi connectivity index (χ3n) is 25.4. The maximum atomic E-state index is 13.7. The molecule has 6 atom stereocenters. The van der Waals surface area contributed by atoms with E-state index in [-0.39, 0.29) is 57.8 Å². The maximum absolute atomic E-state index is 13.7. The van der Waals surface area contributed by atoms with Crippen molar-refractivity contribution in [3.05, 3.63) is 188 Å². The first-order valence-corrected chi connectivity index (χ1v) is 42.5. The number of hydrogen-bond donors (Lipinski definition) is 2. The molecule has 5 saturated heterocycles. The van der Waals surface area contributed by atoms with Crippen LogP contribution in [0.25, 0.3) is 0 Å². The summed E-state index contributed by atoms with van der Waals surface area (Å²) in [4.78, 5) is 12.8. The van der Waals surface area contributed by atoms with Crippen molar-refractivity contribution in [3.8, 4) is 0 Å². The highest BCUT2D eigenvalue weighted by Crippen LogP contribution is 2.47. The van der Waals surface area contributed by atoms with Crippen molar-refractivity contribution in [2.75, 3.05) is 72.1 Å². The summed E-state index contributed by atoms with van der Waals surface area (Å²) in [5, 5.41) is 19.1. The van der Waals surface area contributed by atoms with E-state index in [9.17, 15) is 49.7 Å². The Kier molecular flexibility index (Phi) is 34.9. The second-order valence-electron chi connectivity index (χ2n) is 38.2. The molecule has 6 fully saturated rings. The minimum atomic E-state index is -4.30. The van der Waals surface area contributed by atoms with E-state index < -0.39 is 29.4 Å². The Morgan fingerprint density at radius 3 is 1.01 bits per heavy atom. The van der Waals surface area contributed by atoms with E-state index in [4.69, 9.17) is 4.74 Å². The number of benzene rings is 4. The van der Waals surface area contributed by atoms with E-state index in [2.05, 4.69) is 173 Å². The second-order valence-corrected chi connectivity index (χ2v) is 38.2. The predicted octanol–water partition coefficient (Wildman–Crippen LogP) is 23.8. The largest absolute Gasteiger partial charge is 0.416 e.